The molecule has 0 saturated heterocycles. The Morgan fingerprint density at radius 1 is 0.900 bits per heavy atom. The Kier molecular flexibility index (Phi) is 3.33. The Hall–Kier alpha value is -2.42. The number of fused-ring (bicyclic) bond motifs is 1. The predicted octanol–water partition coefficient (Wildman–Crippen LogP) is 3.78. The van der Waals surface area contributed by atoms with Crippen LogP contribution in [-0.4, -0.2) is 19.2 Å². The van der Waals surface area contributed by atoms with Crippen LogP contribution in [0.5, 0.6) is 11.6 Å². The highest BCUT2D eigenvalue weighted by atomic mass is 16.5. The van der Waals surface area contributed by atoms with Gasteiger partial charge in [0.15, 0.2) is 5.75 Å². The molecule has 1 heterocycles. The number of hydrogen-bond donors (Lipinski definition) is 1. The number of methoxy groups -OCH3 is 2. The smallest absolute Gasteiger partial charge is 0.235 e. The van der Waals surface area contributed by atoms with E-state index in [4.69, 9.17) is 9.47 Å². The van der Waals surface area contributed by atoms with E-state index in [1.807, 2.05) is 12.1 Å². The molecule has 3 heteroatoms. The average molecular weight is 267 g/mol. The number of aromatic amines is 1. The fourth-order valence-electron chi connectivity index (χ4n) is 2.57. The topological polar surface area (TPSA) is 34.2 Å². The molecule has 0 amide bonds. The normalized spacial score (nSPS) is 10.7. The summed E-state index contributed by atoms with van der Waals surface area (Å²) in [6, 6.07) is 16.6. The molecule has 0 saturated carbocycles. The van der Waals surface area contributed by atoms with Crippen molar-refractivity contribution in [2.75, 3.05) is 14.2 Å². The second-order valence-corrected chi connectivity index (χ2v) is 4.69. The molecule has 0 radical (unpaired) electrons. The third kappa shape index (κ3) is 2.11. The van der Waals surface area contributed by atoms with Gasteiger partial charge in [0.1, 0.15) is 0 Å². The molecule has 3 nitrogen and oxygen atoms in total. The van der Waals surface area contributed by atoms with Crippen molar-refractivity contribution in [3.05, 3.63) is 59.7 Å². The highest BCUT2D eigenvalue weighted by molar-refractivity contribution is 5.92. The molecule has 2 aromatic carbocycles. The maximum absolute atomic E-state index is 5.51. The number of rotatable bonds is 4. The van der Waals surface area contributed by atoms with E-state index in [9.17, 15) is 0 Å². The first-order valence-electron chi connectivity index (χ1n) is 6.59. The van der Waals surface area contributed by atoms with Crippen molar-refractivity contribution in [1.29, 1.82) is 0 Å². The summed E-state index contributed by atoms with van der Waals surface area (Å²) in [5.41, 5.74) is 3.54. The largest absolute Gasteiger partial charge is 0.491 e. The summed E-state index contributed by atoms with van der Waals surface area (Å²) in [6.07, 6.45) is 0.871. The number of hydrogen-bond acceptors (Lipinski definition) is 2. The van der Waals surface area contributed by atoms with Crippen molar-refractivity contribution in [3.63, 3.8) is 0 Å². The average Bonchev–Trinajstić information content (AvgIpc) is 2.87. The van der Waals surface area contributed by atoms with E-state index >= 15 is 0 Å². The van der Waals surface area contributed by atoms with Crippen LogP contribution in [-0.2, 0) is 6.42 Å². The second kappa shape index (κ2) is 5.29. The molecule has 1 aromatic heterocycles. The summed E-state index contributed by atoms with van der Waals surface area (Å²) in [5, 5.41) is 1.09. The van der Waals surface area contributed by atoms with Gasteiger partial charge in [0.05, 0.1) is 19.7 Å². The highest BCUT2D eigenvalue weighted by Crippen LogP contribution is 2.38. The van der Waals surface area contributed by atoms with Crippen LogP contribution in [0.15, 0.2) is 48.5 Å². The fraction of sp³-hybridized carbons (Fsp3) is 0.176. The molecule has 3 aromatic rings. The first-order chi connectivity index (χ1) is 9.83. The van der Waals surface area contributed by atoms with Crippen LogP contribution in [0.3, 0.4) is 0 Å². The van der Waals surface area contributed by atoms with Gasteiger partial charge >= 0.3 is 0 Å². The van der Waals surface area contributed by atoms with Crippen LogP contribution in [0.1, 0.15) is 11.1 Å². The molecule has 0 spiro atoms. The summed E-state index contributed by atoms with van der Waals surface area (Å²) in [6.45, 7) is 0. The Balaban J connectivity index is 2.13. The molecule has 102 valence electrons. The summed E-state index contributed by atoms with van der Waals surface area (Å²) >= 11 is 0. The van der Waals surface area contributed by atoms with Crippen molar-refractivity contribution in [1.82, 2.24) is 4.98 Å². The molecule has 20 heavy (non-hydrogen) atoms. The molecule has 3 rings (SSSR count). The first kappa shape index (κ1) is 12.6. The zero-order valence-corrected chi connectivity index (χ0v) is 11.6. The second-order valence-electron chi connectivity index (χ2n) is 4.69. The monoisotopic (exact) mass is 267 g/mol. The van der Waals surface area contributed by atoms with E-state index < -0.39 is 0 Å². The van der Waals surface area contributed by atoms with Gasteiger partial charge in [-0.05, 0) is 23.6 Å². The van der Waals surface area contributed by atoms with E-state index in [0.29, 0.717) is 5.88 Å². The van der Waals surface area contributed by atoms with Gasteiger partial charge in [0, 0.05) is 5.39 Å². The number of aromatic nitrogens is 1. The SMILES string of the molecule is COc1[nH]c2cccc(Cc3ccccc3)c2c1OC. The zero-order chi connectivity index (χ0) is 13.9. The van der Waals surface area contributed by atoms with Gasteiger partial charge in [-0.1, -0.05) is 42.5 Å². The molecule has 0 aliphatic rings. The minimum absolute atomic E-state index is 0.669. The summed E-state index contributed by atoms with van der Waals surface area (Å²) in [7, 11) is 3.31. The van der Waals surface area contributed by atoms with E-state index in [1.54, 1.807) is 14.2 Å². The Bertz CT molecular complexity index is 716. The van der Waals surface area contributed by atoms with Crippen molar-refractivity contribution in [2.45, 2.75) is 6.42 Å². The van der Waals surface area contributed by atoms with Crippen molar-refractivity contribution in [2.24, 2.45) is 0 Å². The van der Waals surface area contributed by atoms with Crippen LogP contribution in [0.2, 0.25) is 0 Å². The predicted molar refractivity (Wildman–Crippen MR) is 80.7 cm³/mol. The summed E-state index contributed by atoms with van der Waals surface area (Å²) < 4.78 is 10.9. The van der Waals surface area contributed by atoms with Gasteiger partial charge in [0.25, 0.3) is 0 Å². The molecule has 0 aliphatic heterocycles. The number of nitrogens with one attached hydrogen (secondary N) is 1. The molecule has 0 fully saturated rings. The number of H-pyrrole nitrogens is 1. The lowest BCUT2D eigenvalue weighted by atomic mass is 10.0. The van der Waals surface area contributed by atoms with E-state index in [2.05, 4.69) is 41.4 Å². The third-order valence-corrected chi connectivity index (χ3v) is 3.48. The lowest BCUT2D eigenvalue weighted by molar-refractivity contribution is 0.350. The van der Waals surface area contributed by atoms with Crippen LogP contribution < -0.4 is 9.47 Å². The van der Waals surface area contributed by atoms with Gasteiger partial charge in [-0.3, -0.25) is 0 Å². The number of ether oxygens (including phenoxy) is 2. The Labute approximate surface area is 118 Å². The molecular formula is C17H17NO2. The minimum Gasteiger partial charge on any atom is -0.491 e. The standard InChI is InChI=1S/C17H17NO2/c1-19-16-15-13(11-12-7-4-3-5-8-12)9-6-10-14(15)18-17(16)20-2/h3-10,18H,11H2,1-2H3. The van der Waals surface area contributed by atoms with Crippen LogP contribution in [0.25, 0.3) is 10.9 Å². The molecule has 1 N–H and O–H groups in total. The quantitative estimate of drug-likeness (QED) is 0.780. The summed E-state index contributed by atoms with van der Waals surface area (Å²) in [5.74, 6) is 1.44. The maximum atomic E-state index is 5.51. The molecule has 0 aliphatic carbocycles. The van der Waals surface area contributed by atoms with Crippen molar-refractivity contribution < 1.29 is 9.47 Å². The lowest BCUT2D eigenvalue weighted by Crippen LogP contribution is -1.91. The van der Waals surface area contributed by atoms with Gasteiger partial charge in [0.2, 0.25) is 5.88 Å². The summed E-state index contributed by atoms with van der Waals surface area (Å²) in [4.78, 5) is 3.24. The first-order valence-corrected chi connectivity index (χ1v) is 6.59. The van der Waals surface area contributed by atoms with Crippen molar-refractivity contribution >= 4 is 10.9 Å². The highest BCUT2D eigenvalue weighted by Gasteiger charge is 2.15. The lowest BCUT2D eigenvalue weighted by Gasteiger charge is -2.06. The van der Waals surface area contributed by atoms with Crippen LogP contribution >= 0.6 is 0 Å². The maximum Gasteiger partial charge on any atom is 0.235 e. The third-order valence-electron chi connectivity index (χ3n) is 3.48. The molecule has 0 atom stereocenters. The van der Waals surface area contributed by atoms with Crippen LogP contribution in [0.4, 0.5) is 0 Å². The Morgan fingerprint density at radius 2 is 1.70 bits per heavy atom. The minimum atomic E-state index is 0.669. The Morgan fingerprint density at radius 3 is 2.40 bits per heavy atom. The molecule has 0 unspecified atom stereocenters. The molecule has 0 bridgehead atoms. The fourth-order valence-corrected chi connectivity index (χ4v) is 2.57. The number of benzene rings is 2. The zero-order valence-electron chi connectivity index (χ0n) is 11.6. The van der Waals surface area contributed by atoms with Gasteiger partial charge in [-0.2, -0.15) is 0 Å². The van der Waals surface area contributed by atoms with Gasteiger partial charge in [-0.15, -0.1) is 0 Å². The van der Waals surface area contributed by atoms with Crippen molar-refractivity contribution in [3.8, 4) is 11.6 Å². The van der Waals surface area contributed by atoms with E-state index in [1.165, 1.54) is 11.1 Å². The van der Waals surface area contributed by atoms with Gasteiger partial charge < -0.3 is 14.5 Å². The van der Waals surface area contributed by atoms with Gasteiger partial charge in [-0.25, -0.2) is 0 Å². The van der Waals surface area contributed by atoms with Crippen LogP contribution in [0, 0.1) is 0 Å². The molecular weight excluding hydrogens is 250 g/mol. The van der Waals surface area contributed by atoms with E-state index in [-0.39, 0.29) is 0 Å². The van der Waals surface area contributed by atoms with E-state index in [0.717, 1.165) is 23.1 Å².